The Balaban J connectivity index is 4.31. The first-order valence-corrected chi connectivity index (χ1v) is 36.1. The number of esters is 3. The minimum Gasteiger partial charge on any atom is -0.462 e. The Hall–Kier alpha value is -3.41. The first-order chi connectivity index (χ1) is 41.0. The van der Waals surface area contributed by atoms with E-state index in [2.05, 4.69) is 106 Å². The molecule has 6 heteroatoms. The fraction of sp³-hybridized carbons (Fsp3) is 0.779. The van der Waals surface area contributed by atoms with Crippen LogP contribution in [0.4, 0.5) is 0 Å². The van der Waals surface area contributed by atoms with Gasteiger partial charge in [-0.05, 0) is 96.3 Å². The maximum Gasteiger partial charge on any atom is 0.306 e. The number of rotatable bonds is 66. The summed E-state index contributed by atoms with van der Waals surface area (Å²) < 4.78 is 17.0. The molecule has 0 aliphatic heterocycles. The van der Waals surface area contributed by atoms with Crippen molar-refractivity contribution in [2.24, 2.45) is 0 Å². The summed E-state index contributed by atoms with van der Waals surface area (Å²) in [6, 6.07) is 0. The normalized spacial score (nSPS) is 12.6. The van der Waals surface area contributed by atoms with Gasteiger partial charge in [0.15, 0.2) is 6.10 Å². The fourth-order valence-corrected chi connectivity index (χ4v) is 10.5. The van der Waals surface area contributed by atoms with Crippen molar-refractivity contribution in [3.05, 3.63) is 85.1 Å². The van der Waals surface area contributed by atoms with Crippen molar-refractivity contribution in [3.8, 4) is 0 Å². The first-order valence-electron chi connectivity index (χ1n) is 36.1. The molecular weight excluding hydrogens is 1020 g/mol. The van der Waals surface area contributed by atoms with Crippen molar-refractivity contribution in [3.63, 3.8) is 0 Å². The van der Waals surface area contributed by atoms with Gasteiger partial charge in [-0.3, -0.25) is 14.4 Å². The zero-order valence-corrected chi connectivity index (χ0v) is 55.2. The van der Waals surface area contributed by atoms with E-state index in [9.17, 15) is 14.4 Å². The third-order valence-corrected chi connectivity index (χ3v) is 15.9. The zero-order valence-electron chi connectivity index (χ0n) is 55.2. The van der Waals surface area contributed by atoms with Crippen molar-refractivity contribution >= 4 is 17.9 Å². The predicted octanol–water partition coefficient (Wildman–Crippen LogP) is 25.0. The zero-order chi connectivity index (χ0) is 59.9. The molecule has 0 radical (unpaired) electrons. The van der Waals surface area contributed by atoms with Crippen LogP contribution < -0.4 is 0 Å². The lowest BCUT2D eigenvalue weighted by molar-refractivity contribution is -0.167. The number of hydrogen-bond donors (Lipinski definition) is 0. The highest BCUT2D eigenvalue weighted by Gasteiger charge is 2.19. The maximum atomic E-state index is 13.0. The highest BCUT2D eigenvalue weighted by Crippen LogP contribution is 2.18. The van der Waals surface area contributed by atoms with Gasteiger partial charge in [0.05, 0.1) is 0 Å². The van der Waals surface area contributed by atoms with Crippen LogP contribution >= 0.6 is 0 Å². The molecule has 0 aliphatic carbocycles. The van der Waals surface area contributed by atoms with Crippen molar-refractivity contribution < 1.29 is 28.6 Å². The minimum absolute atomic E-state index is 0.0812. The molecule has 0 aromatic carbocycles. The molecule has 0 rings (SSSR count). The third kappa shape index (κ3) is 69.3. The van der Waals surface area contributed by atoms with Crippen LogP contribution in [0.15, 0.2) is 85.1 Å². The van der Waals surface area contributed by atoms with E-state index >= 15 is 0 Å². The fourth-order valence-electron chi connectivity index (χ4n) is 10.5. The molecule has 1 unspecified atom stereocenters. The van der Waals surface area contributed by atoms with Gasteiger partial charge in [-0.1, -0.05) is 337 Å². The van der Waals surface area contributed by atoms with Gasteiger partial charge in [0.2, 0.25) is 0 Å². The molecule has 0 aliphatic rings. The van der Waals surface area contributed by atoms with E-state index in [0.717, 1.165) is 116 Å². The quantitative estimate of drug-likeness (QED) is 0.0261. The second-order valence-corrected chi connectivity index (χ2v) is 24.1. The van der Waals surface area contributed by atoms with Crippen LogP contribution in [-0.4, -0.2) is 37.2 Å². The third-order valence-electron chi connectivity index (χ3n) is 15.9. The first kappa shape index (κ1) is 79.6. The lowest BCUT2D eigenvalue weighted by atomic mass is 10.0. The average molecular weight is 1160 g/mol. The van der Waals surface area contributed by atoms with Crippen LogP contribution in [0.1, 0.15) is 367 Å². The molecule has 0 amide bonds. The van der Waals surface area contributed by atoms with E-state index in [1.54, 1.807) is 0 Å². The van der Waals surface area contributed by atoms with Crippen molar-refractivity contribution in [2.75, 3.05) is 13.2 Å². The Kier molecular flexibility index (Phi) is 68.2. The maximum absolute atomic E-state index is 13.0. The van der Waals surface area contributed by atoms with Crippen LogP contribution in [0, 0.1) is 0 Å². The Morgan fingerprint density at radius 1 is 0.253 bits per heavy atom. The molecule has 6 nitrogen and oxygen atoms in total. The van der Waals surface area contributed by atoms with Crippen molar-refractivity contribution in [2.45, 2.75) is 374 Å². The molecule has 0 heterocycles. The van der Waals surface area contributed by atoms with E-state index < -0.39 is 6.10 Å². The second kappa shape index (κ2) is 71.1. The SMILES string of the molecule is CC/C=C\C/C=C\C/C=C\C/C=C\C/C=C\CCCCCCCCCCCC(=O)OCC(COC(=O)CCCCCCC/C=C\C/C=C\CCCCC)OC(=O)CCCCCCCCCCCCCCCCCCCCCCCCCCC. The highest BCUT2D eigenvalue weighted by molar-refractivity contribution is 5.71. The van der Waals surface area contributed by atoms with E-state index in [0.29, 0.717) is 19.3 Å². The molecular formula is C77H136O6. The number of ether oxygens (including phenoxy) is 3. The predicted molar refractivity (Wildman–Crippen MR) is 362 cm³/mol. The van der Waals surface area contributed by atoms with Crippen LogP contribution in [0.2, 0.25) is 0 Å². The van der Waals surface area contributed by atoms with Gasteiger partial charge in [0.1, 0.15) is 13.2 Å². The van der Waals surface area contributed by atoms with Crippen LogP contribution in [0.25, 0.3) is 0 Å². The Bertz CT molecular complexity index is 1570. The summed E-state index contributed by atoms with van der Waals surface area (Å²) in [5.41, 5.74) is 0. The number of carbonyl (C=O) groups is 3. The molecule has 0 bridgehead atoms. The lowest BCUT2D eigenvalue weighted by Gasteiger charge is -2.18. The Morgan fingerprint density at radius 3 is 0.759 bits per heavy atom. The summed E-state index contributed by atoms with van der Waals surface area (Å²) in [5.74, 6) is -0.880. The standard InChI is InChI=1S/C77H136O6/c1-4-7-10-13-16-19-22-25-28-30-32-34-36-38-40-42-44-46-49-52-55-58-61-64-67-70-76(79)82-73-74(72-81-75(78)69-66-63-60-57-54-51-48-27-24-21-18-15-12-9-6-3)83-77(80)71-68-65-62-59-56-53-50-47-45-43-41-39-37-35-33-31-29-26-23-20-17-14-11-8-5-2/h7,10,16,18-19,21,25,27-28,32,34,38,40,48,74H,4-6,8-9,11-15,17,20,22-24,26,29-31,33,35-37,39,41-47,49-73H2,1-3H3/b10-7-,19-16-,21-18-,28-25-,34-32-,40-38-,48-27-. The molecule has 0 spiro atoms. The van der Waals surface area contributed by atoms with E-state index in [1.165, 1.54) is 212 Å². The van der Waals surface area contributed by atoms with Gasteiger partial charge in [-0.25, -0.2) is 0 Å². The van der Waals surface area contributed by atoms with Gasteiger partial charge in [0.25, 0.3) is 0 Å². The number of hydrogen-bond acceptors (Lipinski definition) is 6. The second-order valence-electron chi connectivity index (χ2n) is 24.1. The average Bonchev–Trinajstić information content (AvgIpc) is 3.49. The minimum atomic E-state index is -0.786. The molecule has 1 atom stereocenters. The summed E-state index contributed by atoms with van der Waals surface area (Å²) in [4.78, 5) is 38.5. The molecule has 0 saturated carbocycles. The van der Waals surface area contributed by atoms with E-state index in [4.69, 9.17) is 14.2 Å². The summed E-state index contributed by atoms with van der Waals surface area (Å²) in [5, 5.41) is 0. The summed E-state index contributed by atoms with van der Waals surface area (Å²) in [6.07, 6.45) is 94.7. The number of carbonyl (C=O) groups excluding carboxylic acids is 3. The monoisotopic (exact) mass is 1160 g/mol. The topological polar surface area (TPSA) is 78.9 Å². The number of allylic oxidation sites excluding steroid dienone is 14. The summed E-state index contributed by atoms with van der Waals surface area (Å²) >= 11 is 0. The Labute approximate surface area is 515 Å². The van der Waals surface area contributed by atoms with Gasteiger partial charge in [0, 0.05) is 19.3 Å². The van der Waals surface area contributed by atoms with Gasteiger partial charge < -0.3 is 14.2 Å². The van der Waals surface area contributed by atoms with Crippen LogP contribution in [0.3, 0.4) is 0 Å². The van der Waals surface area contributed by atoms with Gasteiger partial charge in [-0.15, -0.1) is 0 Å². The van der Waals surface area contributed by atoms with Crippen LogP contribution in [0.5, 0.6) is 0 Å². The summed E-state index contributed by atoms with van der Waals surface area (Å²) in [7, 11) is 0. The Morgan fingerprint density at radius 2 is 0.470 bits per heavy atom. The molecule has 480 valence electrons. The molecule has 0 saturated heterocycles. The highest BCUT2D eigenvalue weighted by atomic mass is 16.6. The number of unbranched alkanes of at least 4 members (excludes halogenated alkanes) is 41. The summed E-state index contributed by atoms with van der Waals surface area (Å²) in [6.45, 7) is 6.54. The molecule has 0 N–H and O–H groups in total. The smallest absolute Gasteiger partial charge is 0.306 e. The largest absolute Gasteiger partial charge is 0.462 e. The molecule has 83 heavy (non-hydrogen) atoms. The van der Waals surface area contributed by atoms with Crippen LogP contribution in [-0.2, 0) is 28.6 Å². The lowest BCUT2D eigenvalue weighted by Crippen LogP contribution is -2.30. The molecule has 0 aromatic heterocycles. The van der Waals surface area contributed by atoms with Gasteiger partial charge in [-0.2, -0.15) is 0 Å². The molecule has 0 aromatic rings. The van der Waals surface area contributed by atoms with Crippen molar-refractivity contribution in [1.29, 1.82) is 0 Å². The van der Waals surface area contributed by atoms with E-state index in [-0.39, 0.29) is 31.1 Å². The van der Waals surface area contributed by atoms with Crippen molar-refractivity contribution in [1.82, 2.24) is 0 Å². The molecule has 0 fully saturated rings. The van der Waals surface area contributed by atoms with E-state index in [1.807, 2.05) is 0 Å². The van der Waals surface area contributed by atoms with Gasteiger partial charge >= 0.3 is 17.9 Å².